The summed E-state index contributed by atoms with van der Waals surface area (Å²) in [4.78, 5) is 0. The van der Waals surface area contributed by atoms with E-state index in [1.165, 1.54) is 32.1 Å². The molecule has 0 aromatic rings. The van der Waals surface area contributed by atoms with Crippen molar-refractivity contribution in [3.8, 4) is 0 Å². The van der Waals surface area contributed by atoms with Crippen LogP contribution in [0.3, 0.4) is 0 Å². The van der Waals surface area contributed by atoms with E-state index in [9.17, 15) is 0 Å². The maximum absolute atomic E-state index is 5.29. The van der Waals surface area contributed by atoms with Gasteiger partial charge in [0, 0.05) is 6.54 Å². The molecule has 0 atom stereocenters. The molecule has 0 aromatic heterocycles. The number of thiocarbonyl (C=S) groups is 1. The SMILES string of the molecule is CC(C)CCCCCCNC(N)=S. The van der Waals surface area contributed by atoms with Crippen LogP contribution in [0.1, 0.15) is 46.0 Å². The molecule has 0 rings (SSSR count). The first-order chi connectivity index (χ1) is 6.13. The van der Waals surface area contributed by atoms with Gasteiger partial charge in [-0.05, 0) is 24.6 Å². The molecular weight excluding hydrogens is 180 g/mol. The van der Waals surface area contributed by atoms with Gasteiger partial charge in [-0.2, -0.15) is 0 Å². The minimum Gasteiger partial charge on any atom is -0.376 e. The lowest BCUT2D eigenvalue weighted by Gasteiger charge is -2.05. The lowest BCUT2D eigenvalue weighted by atomic mass is 10.0. The Bertz CT molecular complexity index is 135. The predicted octanol–water partition coefficient (Wildman–Crippen LogP) is 2.43. The van der Waals surface area contributed by atoms with Gasteiger partial charge in [0.05, 0.1) is 0 Å². The van der Waals surface area contributed by atoms with Gasteiger partial charge in [-0.25, -0.2) is 0 Å². The zero-order chi connectivity index (χ0) is 10.1. The van der Waals surface area contributed by atoms with Crippen LogP contribution in [0.4, 0.5) is 0 Å². The molecule has 2 nitrogen and oxygen atoms in total. The lowest BCUT2D eigenvalue weighted by molar-refractivity contribution is 0.519. The fourth-order valence-corrected chi connectivity index (χ4v) is 1.34. The van der Waals surface area contributed by atoms with E-state index in [0.29, 0.717) is 5.11 Å². The van der Waals surface area contributed by atoms with Crippen molar-refractivity contribution in [2.24, 2.45) is 11.7 Å². The second-order valence-electron chi connectivity index (χ2n) is 3.89. The monoisotopic (exact) mass is 202 g/mol. The first-order valence-corrected chi connectivity index (χ1v) is 5.57. The Labute approximate surface area is 87.3 Å². The summed E-state index contributed by atoms with van der Waals surface area (Å²) >= 11 is 4.70. The van der Waals surface area contributed by atoms with Crippen LogP contribution in [-0.2, 0) is 0 Å². The number of rotatable bonds is 7. The summed E-state index contributed by atoms with van der Waals surface area (Å²) in [7, 11) is 0. The Balaban J connectivity index is 2.96. The summed E-state index contributed by atoms with van der Waals surface area (Å²) in [6, 6.07) is 0. The molecule has 3 heteroatoms. The van der Waals surface area contributed by atoms with Gasteiger partial charge >= 0.3 is 0 Å². The van der Waals surface area contributed by atoms with Crippen LogP contribution in [0.25, 0.3) is 0 Å². The number of hydrogen-bond donors (Lipinski definition) is 2. The molecule has 0 unspecified atom stereocenters. The summed E-state index contributed by atoms with van der Waals surface area (Å²) in [5, 5.41) is 3.37. The van der Waals surface area contributed by atoms with Crippen LogP contribution >= 0.6 is 12.2 Å². The molecule has 0 spiro atoms. The van der Waals surface area contributed by atoms with Crippen molar-refractivity contribution in [3.63, 3.8) is 0 Å². The Morgan fingerprint density at radius 2 is 1.85 bits per heavy atom. The predicted molar refractivity (Wildman–Crippen MR) is 62.7 cm³/mol. The molecule has 3 N–H and O–H groups in total. The highest BCUT2D eigenvalue weighted by Crippen LogP contribution is 2.08. The molecule has 0 heterocycles. The quantitative estimate of drug-likeness (QED) is 0.492. The summed E-state index contributed by atoms with van der Waals surface area (Å²) < 4.78 is 0. The van der Waals surface area contributed by atoms with Gasteiger partial charge in [0.15, 0.2) is 5.11 Å². The van der Waals surface area contributed by atoms with E-state index in [4.69, 9.17) is 18.0 Å². The maximum Gasteiger partial charge on any atom is 0.163 e. The average Bonchev–Trinajstić information content (AvgIpc) is 2.01. The van der Waals surface area contributed by atoms with Crippen molar-refractivity contribution >= 4 is 17.3 Å². The van der Waals surface area contributed by atoms with Crippen molar-refractivity contribution in [2.45, 2.75) is 46.0 Å². The van der Waals surface area contributed by atoms with Crippen molar-refractivity contribution in [1.82, 2.24) is 5.32 Å². The fraction of sp³-hybridized carbons (Fsp3) is 0.900. The molecule has 0 aromatic carbocycles. The third-order valence-corrected chi connectivity index (χ3v) is 2.15. The second kappa shape index (κ2) is 8.30. The molecule has 78 valence electrons. The Kier molecular flexibility index (Phi) is 8.10. The smallest absolute Gasteiger partial charge is 0.163 e. The zero-order valence-corrected chi connectivity index (χ0v) is 9.62. The van der Waals surface area contributed by atoms with Gasteiger partial charge in [0.1, 0.15) is 0 Å². The summed E-state index contributed by atoms with van der Waals surface area (Å²) in [5.41, 5.74) is 5.29. The lowest BCUT2D eigenvalue weighted by Crippen LogP contribution is -2.29. The van der Waals surface area contributed by atoms with Crippen LogP contribution in [0.2, 0.25) is 0 Å². The molecule has 0 saturated carbocycles. The molecule has 0 saturated heterocycles. The fourth-order valence-electron chi connectivity index (χ4n) is 1.24. The van der Waals surface area contributed by atoms with Gasteiger partial charge in [-0.1, -0.05) is 39.5 Å². The standard InChI is InChI=1S/C10H22N2S/c1-9(2)7-5-3-4-6-8-12-10(11)13/h9H,3-8H2,1-2H3,(H3,11,12,13). The Hall–Kier alpha value is -0.310. The van der Waals surface area contributed by atoms with Crippen molar-refractivity contribution in [2.75, 3.05) is 6.54 Å². The third kappa shape index (κ3) is 11.7. The molecule has 0 aliphatic rings. The van der Waals surface area contributed by atoms with Gasteiger partial charge in [-0.15, -0.1) is 0 Å². The van der Waals surface area contributed by atoms with Crippen molar-refractivity contribution in [1.29, 1.82) is 0 Å². The normalized spacial score (nSPS) is 10.4. The molecule has 13 heavy (non-hydrogen) atoms. The van der Waals surface area contributed by atoms with Crippen LogP contribution in [0, 0.1) is 5.92 Å². The molecule has 0 fully saturated rings. The molecule has 0 bridgehead atoms. The first kappa shape index (κ1) is 12.7. The van der Waals surface area contributed by atoms with Gasteiger partial charge in [0.2, 0.25) is 0 Å². The zero-order valence-electron chi connectivity index (χ0n) is 8.81. The highest BCUT2D eigenvalue weighted by atomic mass is 32.1. The molecule has 0 amide bonds. The van der Waals surface area contributed by atoms with Gasteiger partial charge < -0.3 is 11.1 Å². The Morgan fingerprint density at radius 3 is 2.38 bits per heavy atom. The van der Waals surface area contributed by atoms with Crippen LogP contribution in [-0.4, -0.2) is 11.7 Å². The van der Waals surface area contributed by atoms with E-state index in [0.717, 1.165) is 12.5 Å². The number of nitrogens with two attached hydrogens (primary N) is 1. The van der Waals surface area contributed by atoms with Crippen LogP contribution in [0.15, 0.2) is 0 Å². The van der Waals surface area contributed by atoms with E-state index in [2.05, 4.69) is 19.2 Å². The minimum atomic E-state index is 0.419. The van der Waals surface area contributed by atoms with E-state index in [1.54, 1.807) is 0 Å². The highest BCUT2D eigenvalue weighted by molar-refractivity contribution is 7.80. The summed E-state index contributed by atoms with van der Waals surface area (Å²) in [6.45, 7) is 5.47. The van der Waals surface area contributed by atoms with Crippen molar-refractivity contribution in [3.05, 3.63) is 0 Å². The number of unbranched alkanes of at least 4 members (excludes halogenated alkanes) is 3. The van der Waals surface area contributed by atoms with Gasteiger partial charge in [-0.3, -0.25) is 0 Å². The van der Waals surface area contributed by atoms with E-state index in [-0.39, 0.29) is 0 Å². The van der Waals surface area contributed by atoms with E-state index >= 15 is 0 Å². The minimum absolute atomic E-state index is 0.419. The first-order valence-electron chi connectivity index (χ1n) is 5.16. The summed E-state index contributed by atoms with van der Waals surface area (Å²) in [5.74, 6) is 0.842. The average molecular weight is 202 g/mol. The second-order valence-corrected chi connectivity index (χ2v) is 4.33. The van der Waals surface area contributed by atoms with E-state index in [1.807, 2.05) is 0 Å². The highest BCUT2D eigenvalue weighted by Gasteiger charge is 1.94. The largest absolute Gasteiger partial charge is 0.376 e. The van der Waals surface area contributed by atoms with E-state index < -0.39 is 0 Å². The summed E-state index contributed by atoms with van der Waals surface area (Å²) in [6.07, 6.45) is 6.49. The van der Waals surface area contributed by atoms with Crippen LogP contribution < -0.4 is 11.1 Å². The molecule has 0 radical (unpaired) electrons. The number of hydrogen-bond acceptors (Lipinski definition) is 1. The molecular formula is C10H22N2S. The maximum atomic E-state index is 5.29. The van der Waals surface area contributed by atoms with Crippen molar-refractivity contribution < 1.29 is 0 Å². The molecule has 0 aliphatic heterocycles. The Morgan fingerprint density at radius 1 is 1.23 bits per heavy atom. The third-order valence-electron chi connectivity index (χ3n) is 2.01. The van der Waals surface area contributed by atoms with Crippen LogP contribution in [0.5, 0.6) is 0 Å². The molecule has 0 aliphatic carbocycles. The number of nitrogens with one attached hydrogen (secondary N) is 1. The topological polar surface area (TPSA) is 38.0 Å². The van der Waals surface area contributed by atoms with Gasteiger partial charge in [0.25, 0.3) is 0 Å².